The first kappa shape index (κ1) is 23.2. The maximum absolute atomic E-state index is 14.6. The number of benzene rings is 1. The minimum absolute atomic E-state index is 0.285. The third-order valence-electron chi connectivity index (χ3n) is 5.07. The Morgan fingerprint density at radius 1 is 1.12 bits per heavy atom. The molecular formula is C25H26FN5O3. The van der Waals surface area contributed by atoms with Crippen molar-refractivity contribution in [1.82, 2.24) is 25.6 Å². The normalized spacial score (nSPS) is 11.5. The van der Waals surface area contributed by atoms with Crippen molar-refractivity contribution in [3.8, 4) is 11.1 Å². The first-order valence-electron chi connectivity index (χ1n) is 11.0. The molecule has 0 atom stereocenters. The van der Waals surface area contributed by atoms with Crippen LogP contribution in [-0.4, -0.2) is 45.6 Å². The van der Waals surface area contributed by atoms with Gasteiger partial charge in [-0.3, -0.25) is 9.78 Å². The highest BCUT2D eigenvalue weighted by Crippen LogP contribution is 2.31. The van der Waals surface area contributed by atoms with E-state index in [0.717, 1.165) is 5.56 Å². The summed E-state index contributed by atoms with van der Waals surface area (Å²) in [4.78, 5) is 35.8. The van der Waals surface area contributed by atoms with Crippen LogP contribution in [0.25, 0.3) is 33.1 Å². The Morgan fingerprint density at radius 3 is 2.71 bits per heavy atom. The summed E-state index contributed by atoms with van der Waals surface area (Å²) in [6.07, 6.45) is 4.84. The van der Waals surface area contributed by atoms with E-state index in [1.54, 1.807) is 51.4 Å². The molecule has 3 heterocycles. The van der Waals surface area contributed by atoms with Crippen LogP contribution in [0.3, 0.4) is 0 Å². The second kappa shape index (κ2) is 9.46. The minimum atomic E-state index is -0.559. The van der Waals surface area contributed by atoms with Crippen LogP contribution in [0.5, 0.6) is 0 Å². The monoisotopic (exact) mass is 463 g/mol. The molecule has 0 aliphatic rings. The number of alkyl carbamates (subject to hydrolysis) is 1. The van der Waals surface area contributed by atoms with Crippen LogP contribution in [0.15, 0.2) is 48.9 Å². The first-order chi connectivity index (χ1) is 16.2. The summed E-state index contributed by atoms with van der Waals surface area (Å²) in [5.74, 6) is -0.697. The van der Waals surface area contributed by atoms with Gasteiger partial charge in [0.2, 0.25) is 0 Å². The molecule has 1 aromatic carbocycles. The Hall–Kier alpha value is -4.01. The third-order valence-corrected chi connectivity index (χ3v) is 5.07. The lowest BCUT2D eigenvalue weighted by molar-refractivity contribution is 0.0527. The summed E-state index contributed by atoms with van der Waals surface area (Å²) in [6.45, 7) is 6.12. The Balaban J connectivity index is 1.43. The highest BCUT2D eigenvalue weighted by molar-refractivity contribution is 6.01. The van der Waals surface area contributed by atoms with Crippen molar-refractivity contribution in [3.63, 3.8) is 0 Å². The Bertz CT molecular complexity index is 1360. The Kier molecular flexibility index (Phi) is 6.45. The van der Waals surface area contributed by atoms with Gasteiger partial charge in [-0.1, -0.05) is 6.07 Å². The molecule has 0 aliphatic carbocycles. The number of H-pyrrole nitrogens is 1. The predicted molar refractivity (Wildman–Crippen MR) is 128 cm³/mol. The van der Waals surface area contributed by atoms with Crippen molar-refractivity contribution in [1.29, 1.82) is 0 Å². The van der Waals surface area contributed by atoms with Crippen molar-refractivity contribution >= 4 is 33.9 Å². The van der Waals surface area contributed by atoms with E-state index in [1.165, 1.54) is 12.3 Å². The molecule has 3 N–H and O–H groups in total. The molecule has 4 aromatic rings. The van der Waals surface area contributed by atoms with Crippen LogP contribution >= 0.6 is 0 Å². The van der Waals surface area contributed by atoms with Crippen LogP contribution in [-0.2, 0) is 4.74 Å². The lowest BCUT2D eigenvalue weighted by Crippen LogP contribution is -2.34. The van der Waals surface area contributed by atoms with Gasteiger partial charge in [-0.25, -0.2) is 14.2 Å². The molecule has 34 heavy (non-hydrogen) atoms. The quantitative estimate of drug-likeness (QED) is 0.363. The number of pyridine rings is 2. The van der Waals surface area contributed by atoms with E-state index in [-0.39, 0.29) is 5.91 Å². The number of hydrogen-bond acceptors (Lipinski definition) is 5. The molecule has 9 heteroatoms. The second-order valence-electron chi connectivity index (χ2n) is 8.89. The Labute approximate surface area is 195 Å². The topological polar surface area (TPSA) is 109 Å². The van der Waals surface area contributed by atoms with E-state index in [2.05, 4.69) is 25.6 Å². The average molecular weight is 464 g/mol. The molecule has 0 saturated heterocycles. The van der Waals surface area contributed by atoms with E-state index in [4.69, 9.17) is 4.74 Å². The number of aromatic nitrogens is 3. The maximum atomic E-state index is 14.6. The van der Waals surface area contributed by atoms with Crippen molar-refractivity contribution in [3.05, 3.63) is 60.3 Å². The number of amides is 2. The highest BCUT2D eigenvalue weighted by Gasteiger charge is 2.16. The standard InChI is InChI=1S/C25H26FN5O3/c1-25(2,3)34-24(33)29-9-5-8-28-23(32)17-11-18-19(14-31-22(18)30-13-17)16-10-15-6-4-7-27-21(15)20(26)12-16/h4,6-7,10-14H,5,8-9H2,1-3H3,(H,28,32)(H,29,33)(H,30,31). The lowest BCUT2D eigenvalue weighted by atomic mass is 10.0. The van der Waals surface area contributed by atoms with Gasteiger partial charge < -0.3 is 20.4 Å². The van der Waals surface area contributed by atoms with Gasteiger partial charge in [-0.15, -0.1) is 0 Å². The molecule has 0 fully saturated rings. The van der Waals surface area contributed by atoms with Gasteiger partial charge in [0.15, 0.2) is 0 Å². The molecule has 176 valence electrons. The molecule has 0 aliphatic heterocycles. The molecule has 0 bridgehead atoms. The van der Waals surface area contributed by atoms with Gasteiger partial charge in [-0.05, 0) is 57.0 Å². The summed E-state index contributed by atoms with van der Waals surface area (Å²) in [6, 6.07) is 8.58. The van der Waals surface area contributed by atoms with Gasteiger partial charge in [0.05, 0.1) is 5.56 Å². The van der Waals surface area contributed by atoms with Crippen LogP contribution in [0, 0.1) is 5.82 Å². The van der Waals surface area contributed by atoms with Crippen molar-refractivity contribution < 1.29 is 18.7 Å². The molecule has 3 aromatic heterocycles. The molecule has 0 saturated carbocycles. The van der Waals surface area contributed by atoms with Crippen molar-refractivity contribution in [2.24, 2.45) is 0 Å². The first-order valence-corrected chi connectivity index (χ1v) is 11.0. The van der Waals surface area contributed by atoms with Gasteiger partial charge in [-0.2, -0.15) is 0 Å². The molecule has 0 spiro atoms. The summed E-state index contributed by atoms with van der Waals surface area (Å²) in [5, 5.41) is 6.87. The second-order valence-corrected chi connectivity index (χ2v) is 8.89. The smallest absolute Gasteiger partial charge is 0.407 e. The number of carbonyl (C=O) groups excluding carboxylic acids is 2. The van der Waals surface area contributed by atoms with Crippen molar-refractivity contribution in [2.45, 2.75) is 32.8 Å². The third kappa shape index (κ3) is 5.31. The van der Waals surface area contributed by atoms with Crippen LogP contribution in [0.4, 0.5) is 9.18 Å². The number of nitrogens with one attached hydrogen (secondary N) is 3. The van der Waals surface area contributed by atoms with Gasteiger partial charge in [0, 0.05) is 48.0 Å². The summed E-state index contributed by atoms with van der Waals surface area (Å²) in [7, 11) is 0. The fourth-order valence-electron chi connectivity index (χ4n) is 3.57. The zero-order valence-electron chi connectivity index (χ0n) is 19.2. The zero-order valence-corrected chi connectivity index (χ0v) is 19.2. The van der Waals surface area contributed by atoms with Crippen LogP contribution in [0.2, 0.25) is 0 Å². The molecule has 2 amide bonds. The fourth-order valence-corrected chi connectivity index (χ4v) is 3.57. The predicted octanol–water partition coefficient (Wildman–Crippen LogP) is 4.56. The molecular weight excluding hydrogens is 437 g/mol. The molecule has 8 nitrogen and oxygen atoms in total. The Morgan fingerprint density at radius 2 is 1.91 bits per heavy atom. The van der Waals surface area contributed by atoms with Crippen molar-refractivity contribution in [2.75, 3.05) is 13.1 Å². The number of rotatable bonds is 6. The minimum Gasteiger partial charge on any atom is -0.444 e. The number of aromatic amines is 1. The fraction of sp³-hybridized carbons (Fsp3) is 0.280. The van der Waals surface area contributed by atoms with E-state index < -0.39 is 17.5 Å². The number of hydrogen-bond donors (Lipinski definition) is 3. The molecule has 0 radical (unpaired) electrons. The number of nitrogens with zero attached hydrogens (tertiary/aromatic N) is 2. The van der Waals surface area contributed by atoms with Gasteiger partial charge in [0.1, 0.15) is 22.6 Å². The van der Waals surface area contributed by atoms with E-state index in [9.17, 15) is 14.0 Å². The molecule has 0 unspecified atom stereocenters. The average Bonchev–Trinajstić information content (AvgIpc) is 3.21. The number of carbonyl (C=O) groups is 2. The summed E-state index contributed by atoms with van der Waals surface area (Å²) < 4.78 is 19.8. The highest BCUT2D eigenvalue weighted by atomic mass is 19.1. The summed E-state index contributed by atoms with van der Waals surface area (Å²) >= 11 is 0. The van der Waals surface area contributed by atoms with Crippen LogP contribution in [0.1, 0.15) is 37.6 Å². The summed E-state index contributed by atoms with van der Waals surface area (Å²) in [5.41, 5.74) is 2.14. The zero-order chi connectivity index (χ0) is 24.3. The lowest BCUT2D eigenvalue weighted by Gasteiger charge is -2.19. The van der Waals surface area contributed by atoms with E-state index in [0.29, 0.717) is 52.6 Å². The SMILES string of the molecule is CC(C)(C)OC(=O)NCCCNC(=O)c1cnc2[nH]cc(-c3cc(F)c4ncccc4c3)c2c1. The maximum Gasteiger partial charge on any atom is 0.407 e. The van der Waals surface area contributed by atoms with Crippen LogP contribution < -0.4 is 10.6 Å². The van der Waals surface area contributed by atoms with Gasteiger partial charge >= 0.3 is 6.09 Å². The van der Waals surface area contributed by atoms with E-state index in [1.807, 2.05) is 6.07 Å². The van der Waals surface area contributed by atoms with Gasteiger partial charge in [0.25, 0.3) is 5.91 Å². The largest absolute Gasteiger partial charge is 0.444 e. The number of fused-ring (bicyclic) bond motifs is 2. The number of halogens is 1. The number of ether oxygens (including phenoxy) is 1. The molecule has 4 rings (SSSR count). The van der Waals surface area contributed by atoms with E-state index >= 15 is 0 Å².